The van der Waals surface area contributed by atoms with E-state index in [0.29, 0.717) is 0 Å². The molecule has 76 valence electrons. The van der Waals surface area contributed by atoms with Crippen molar-refractivity contribution in [3.05, 3.63) is 28.5 Å². The van der Waals surface area contributed by atoms with E-state index >= 15 is 0 Å². The van der Waals surface area contributed by atoms with E-state index in [0.717, 1.165) is 11.0 Å². The van der Waals surface area contributed by atoms with Crippen molar-refractivity contribution in [3.63, 3.8) is 0 Å². The maximum absolute atomic E-state index is 5.89. The first-order valence-electron chi connectivity index (χ1n) is 5.09. The molecule has 0 radical (unpaired) electrons. The molecule has 2 nitrogen and oxygen atoms in total. The van der Waals surface area contributed by atoms with E-state index in [1.807, 2.05) is 6.20 Å². The summed E-state index contributed by atoms with van der Waals surface area (Å²) in [6.07, 6.45) is 6.82. The van der Waals surface area contributed by atoms with Crippen molar-refractivity contribution in [3.8, 4) is 0 Å². The molecule has 1 fully saturated rings. The third kappa shape index (κ3) is 1.71. The fourth-order valence-corrected chi connectivity index (χ4v) is 2.54. The van der Waals surface area contributed by atoms with Crippen molar-refractivity contribution in [2.45, 2.75) is 31.1 Å². The van der Waals surface area contributed by atoms with Crippen LogP contribution in [0.15, 0.2) is 22.8 Å². The lowest BCUT2D eigenvalue weighted by molar-refractivity contribution is 0.439. The average Bonchev–Trinajstić information content (AvgIpc) is 2.68. The van der Waals surface area contributed by atoms with Crippen molar-refractivity contribution < 1.29 is 0 Å². The molecule has 2 rings (SSSR count). The summed E-state index contributed by atoms with van der Waals surface area (Å²) in [5.74, 6) is 0. The molecule has 0 aromatic carbocycles. The first-order valence-corrected chi connectivity index (χ1v) is 5.88. The zero-order chi connectivity index (χ0) is 10.0. The average molecular weight is 255 g/mol. The molecule has 0 amide bonds. The summed E-state index contributed by atoms with van der Waals surface area (Å²) >= 11 is 3.40. The summed E-state index contributed by atoms with van der Waals surface area (Å²) in [5.41, 5.74) is 7.22. The Kier molecular flexibility index (Phi) is 2.88. The van der Waals surface area contributed by atoms with Crippen LogP contribution in [0.3, 0.4) is 0 Å². The van der Waals surface area contributed by atoms with E-state index in [1.54, 1.807) is 0 Å². The second kappa shape index (κ2) is 3.99. The van der Waals surface area contributed by atoms with Crippen LogP contribution in [0, 0.1) is 0 Å². The third-order valence-electron chi connectivity index (χ3n) is 3.22. The Hall–Kier alpha value is -0.410. The Labute approximate surface area is 93.0 Å². The van der Waals surface area contributed by atoms with Gasteiger partial charge >= 0.3 is 0 Å². The highest BCUT2D eigenvalue weighted by molar-refractivity contribution is 9.10. The molecule has 0 unspecified atom stereocenters. The van der Waals surface area contributed by atoms with Crippen LogP contribution in [0.4, 0.5) is 0 Å². The van der Waals surface area contributed by atoms with Crippen molar-refractivity contribution in [1.29, 1.82) is 0 Å². The van der Waals surface area contributed by atoms with Gasteiger partial charge in [0.1, 0.15) is 0 Å². The Morgan fingerprint density at radius 2 is 2.07 bits per heavy atom. The standard InChI is InChI=1S/C11H15BrN2/c12-9-3-4-10(14-7-9)11(8-13)5-1-2-6-11/h3-4,7H,1-2,5-6,8,13H2. The molecule has 0 spiro atoms. The van der Waals surface area contributed by atoms with Gasteiger partial charge in [0.05, 0.1) is 0 Å². The van der Waals surface area contributed by atoms with E-state index in [4.69, 9.17) is 5.73 Å². The zero-order valence-corrected chi connectivity index (χ0v) is 9.76. The van der Waals surface area contributed by atoms with Crippen molar-refractivity contribution in [2.75, 3.05) is 6.54 Å². The van der Waals surface area contributed by atoms with Crippen LogP contribution < -0.4 is 5.73 Å². The van der Waals surface area contributed by atoms with Gasteiger partial charge in [0.25, 0.3) is 0 Å². The van der Waals surface area contributed by atoms with Gasteiger partial charge in [0.15, 0.2) is 0 Å². The minimum atomic E-state index is 0.167. The topological polar surface area (TPSA) is 38.9 Å². The highest BCUT2D eigenvalue weighted by Crippen LogP contribution is 2.39. The Bertz CT molecular complexity index is 302. The summed E-state index contributed by atoms with van der Waals surface area (Å²) in [4.78, 5) is 4.48. The fourth-order valence-electron chi connectivity index (χ4n) is 2.31. The number of hydrogen-bond donors (Lipinski definition) is 1. The molecule has 1 saturated carbocycles. The third-order valence-corrected chi connectivity index (χ3v) is 3.69. The molecule has 1 aromatic heterocycles. The Morgan fingerprint density at radius 1 is 1.36 bits per heavy atom. The smallest absolute Gasteiger partial charge is 0.0478 e. The molecule has 0 atom stereocenters. The number of halogens is 1. The Morgan fingerprint density at radius 3 is 2.57 bits per heavy atom. The molecule has 1 heterocycles. The van der Waals surface area contributed by atoms with Gasteiger partial charge in [-0.15, -0.1) is 0 Å². The summed E-state index contributed by atoms with van der Waals surface area (Å²) < 4.78 is 1.03. The number of rotatable bonds is 2. The summed E-state index contributed by atoms with van der Waals surface area (Å²) in [5, 5.41) is 0. The van der Waals surface area contributed by atoms with Gasteiger partial charge in [-0.05, 0) is 40.9 Å². The molecule has 2 N–H and O–H groups in total. The second-order valence-corrected chi connectivity index (χ2v) is 4.97. The van der Waals surface area contributed by atoms with Gasteiger partial charge < -0.3 is 5.73 Å². The zero-order valence-electron chi connectivity index (χ0n) is 8.17. The van der Waals surface area contributed by atoms with Crippen molar-refractivity contribution >= 4 is 15.9 Å². The number of aromatic nitrogens is 1. The van der Waals surface area contributed by atoms with E-state index in [-0.39, 0.29) is 5.41 Å². The predicted molar refractivity (Wildman–Crippen MR) is 61.1 cm³/mol. The van der Waals surface area contributed by atoms with Gasteiger partial charge in [-0.2, -0.15) is 0 Å². The van der Waals surface area contributed by atoms with Crippen LogP contribution in [0.5, 0.6) is 0 Å². The van der Waals surface area contributed by atoms with Crippen LogP contribution in [-0.4, -0.2) is 11.5 Å². The van der Waals surface area contributed by atoms with Crippen LogP contribution >= 0.6 is 15.9 Å². The van der Waals surface area contributed by atoms with Crippen LogP contribution in [0.1, 0.15) is 31.4 Å². The normalized spacial score (nSPS) is 19.9. The van der Waals surface area contributed by atoms with E-state index in [1.165, 1.54) is 31.4 Å². The summed E-state index contributed by atoms with van der Waals surface area (Å²) in [6.45, 7) is 0.724. The highest BCUT2D eigenvalue weighted by atomic mass is 79.9. The van der Waals surface area contributed by atoms with Gasteiger partial charge in [-0.25, -0.2) is 0 Å². The fraction of sp³-hybridized carbons (Fsp3) is 0.545. The maximum Gasteiger partial charge on any atom is 0.0478 e. The largest absolute Gasteiger partial charge is 0.330 e. The number of nitrogens with two attached hydrogens (primary N) is 1. The van der Waals surface area contributed by atoms with Gasteiger partial charge in [-0.1, -0.05) is 12.8 Å². The molecule has 14 heavy (non-hydrogen) atoms. The molecular weight excluding hydrogens is 240 g/mol. The highest BCUT2D eigenvalue weighted by Gasteiger charge is 2.35. The molecule has 0 saturated heterocycles. The first-order chi connectivity index (χ1) is 6.77. The lowest BCUT2D eigenvalue weighted by Crippen LogP contribution is -2.32. The quantitative estimate of drug-likeness (QED) is 0.882. The van der Waals surface area contributed by atoms with Crippen molar-refractivity contribution in [1.82, 2.24) is 4.98 Å². The van der Waals surface area contributed by atoms with Gasteiger partial charge in [0.2, 0.25) is 0 Å². The van der Waals surface area contributed by atoms with Gasteiger partial charge in [0, 0.05) is 28.3 Å². The number of hydrogen-bond acceptors (Lipinski definition) is 2. The van der Waals surface area contributed by atoms with E-state index in [9.17, 15) is 0 Å². The Balaban J connectivity index is 2.31. The molecule has 0 aliphatic heterocycles. The van der Waals surface area contributed by atoms with Crippen molar-refractivity contribution in [2.24, 2.45) is 5.73 Å². The van der Waals surface area contributed by atoms with Crippen LogP contribution in [-0.2, 0) is 5.41 Å². The number of nitrogens with zero attached hydrogens (tertiary/aromatic N) is 1. The minimum absolute atomic E-state index is 0.167. The minimum Gasteiger partial charge on any atom is -0.330 e. The van der Waals surface area contributed by atoms with E-state index in [2.05, 4.69) is 33.0 Å². The van der Waals surface area contributed by atoms with E-state index < -0.39 is 0 Å². The van der Waals surface area contributed by atoms with Crippen LogP contribution in [0.2, 0.25) is 0 Å². The summed E-state index contributed by atoms with van der Waals surface area (Å²) in [7, 11) is 0. The lowest BCUT2D eigenvalue weighted by atomic mass is 9.82. The maximum atomic E-state index is 5.89. The molecule has 1 aliphatic carbocycles. The molecule has 1 aromatic rings. The van der Waals surface area contributed by atoms with Crippen LogP contribution in [0.25, 0.3) is 0 Å². The molecular formula is C11H15BrN2. The molecule has 0 bridgehead atoms. The second-order valence-electron chi connectivity index (χ2n) is 4.05. The summed E-state index contributed by atoms with van der Waals surface area (Å²) in [6, 6.07) is 4.15. The first kappa shape index (κ1) is 10.1. The molecule has 3 heteroatoms. The predicted octanol–water partition coefficient (Wildman–Crippen LogP) is 2.61. The van der Waals surface area contributed by atoms with Gasteiger partial charge in [-0.3, -0.25) is 4.98 Å². The molecule has 1 aliphatic rings. The lowest BCUT2D eigenvalue weighted by Gasteiger charge is -2.26. The monoisotopic (exact) mass is 254 g/mol. The SMILES string of the molecule is NCC1(c2ccc(Br)cn2)CCCC1. The number of pyridine rings is 1.